The van der Waals surface area contributed by atoms with E-state index >= 15 is 0 Å². The molecule has 2 rings (SSSR count). The summed E-state index contributed by atoms with van der Waals surface area (Å²) in [6, 6.07) is -0.634. The summed E-state index contributed by atoms with van der Waals surface area (Å²) in [4.78, 5) is 34.6. The molecule has 0 aliphatic heterocycles. The van der Waals surface area contributed by atoms with Gasteiger partial charge in [0.25, 0.3) is 0 Å². The molecule has 0 saturated carbocycles. The van der Waals surface area contributed by atoms with Gasteiger partial charge < -0.3 is 10.9 Å². The fourth-order valence-electron chi connectivity index (χ4n) is 1.64. The molecule has 0 aromatic rings. The van der Waals surface area contributed by atoms with Crippen LogP contribution in [0.1, 0.15) is 0 Å². The molecule has 134 valence electrons. The van der Waals surface area contributed by atoms with E-state index in [1.807, 2.05) is 0 Å². The van der Waals surface area contributed by atoms with Crippen LogP contribution in [0.4, 0.5) is 4.79 Å². The summed E-state index contributed by atoms with van der Waals surface area (Å²) < 4.78 is 0. The maximum absolute atomic E-state index is 11.6. The zero-order valence-electron chi connectivity index (χ0n) is 12.4. The Bertz CT molecular complexity index is 705. The van der Waals surface area contributed by atoms with Crippen molar-refractivity contribution in [3.05, 3.63) is 70.1 Å². The molecule has 2 amide bonds. The van der Waals surface area contributed by atoms with Crippen molar-refractivity contribution in [2.45, 2.75) is 0 Å². The second-order valence-electron chi connectivity index (χ2n) is 4.52. The van der Waals surface area contributed by atoms with Crippen molar-refractivity contribution in [3.63, 3.8) is 0 Å². The molecule has 4 N–H and O–H groups in total. The molecule has 25 heavy (non-hydrogen) atoms. The fraction of sp³-hybridized carbons (Fsp3) is 0. The maximum atomic E-state index is 11.6. The molecular formula is C15H12Cl2N4NiO3. The molecule has 0 fully saturated rings. The largest absolute Gasteiger partial charge is 0.351 e. The Labute approximate surface area is 163 Å². The van der Waals surface area contributed by atoms with E-state index < -0.39 is 6.03 Å². The van der Waals surface area contributed by atoms with Gasteiger partial charge in [0.1, 0.15) is 0 Å². The van der Waals surface area contributed by atoms with E-state index in [9.17, 15) is 14.4 Å². The molecule has 7 nitrogen and oxygen atoms in total. The van der Waals surface area contributed by atoms with Crippen LogP contribution in [0.3, 0.4) is 0 Å². The number of hydrogen-bond donors (Lipinski definition) is 4. The number of carbonyl (C=O) groups excluding carboxylic acids is 3. The van der Waals surface area contributed by atoms with Crippen LogP contribution in [0, 0.1) is 0 Å². The van der Waals surface area contributed by atoms with Crippen LogP contribution in [-0.4, -0.2) is 17.6 Å². The minimum Gasteiger partial charge on any atom is -0.304 e. The van der Waals surface area contributed by atoms with Gasteiger partial charge in [0, 0.05) is 62.3 Å². The van der Waals surface area contributed by atoms with E-state index in [2.05, 4.69) is 21.7 Å². The van der Waals surface area contributed by atoms with E-state index in [-0.39, 0.29) is 28.1 Å². The van der Waals surface area contributed by atoms with Gasteiger partial charge in [-0.2, -0.15) is 0 Å². The van der Waals surface area contributed by atoms with Crippen LogP contribution < -0.4 is 21.7 Å². The summed E-state index contributed by atoms with van der Waals surface area (Å²) in [5.41, 5.74) is 10.1. The number of urea groups is 1. The van der Waals surface area contributed by atoms with Gasteiger partial charge in [-0.25, -0.2) is 4.79 Å². The average Bonchev–Trinajstić information content (AvgIpc) is 2.51. The van der Waals surface area contributed by atoms with Gasteiger partial charge in [-0.3, -0.25) is 20.4 Å². The van der Waals surface area contributed by atoms with Crippen LogP contribution >= 0.6 is 23.2 Å². The summed E-state index contributed by atoms with van der Waals surface area (Å²) in [5.74, 6) is -0.566. The first-order chi connectivity index (χ1) is 11.5. The summed E-state index contributed by atoms with van der Waals surface area (Å²) in [6.07, 6.45) is 11.3. The zero-order chi connectivity index (χ0) is 17.5. The Morgan fingerprint density at radius 3 is 1.56 bits per heavy atom. The molecule has 0 heterocycles. The second-order valence-corrected chi connectivity index (χ2v) is 5.39. The molecule has 0 bridgehead atoms. The molecule has 0 aromatic heterocycles. The van der Waals surface area contributed by atoms with E-state index in [1.165, 1.54) is 36.7 Å². The van der Waals surface area contributed by atoms with Crippen LogP contribution in [0.5, 0.6) is 0 Å². The van der Waals surface area contributed by atoms with Crippen LogP contribution in [0.15, 0.2) is 70.1 Å². The third-order valence-corrected chi connectivity index (χ3v) is 3.25. The molecule has 0 saturated heterocycles. The zero-order valence-corrected chi connectivity index (χ0v) is 14.9. The van der Waals surface area contributed by atoms with Gasteiger partial charge in [-0.1, -0.05) is 23.2 Å². The van der Waals surface area contributed by atoms with E-state index in [1.54, 1.807) is 12.2 Å². The smallest absolute Gasteiger partial charge is 0.304 e. The first-order valence-corrected chi connectivity index (χ1v) is 7.38. The number of nitrogens with one attached hydrogen (secondary N) is 4. The Kier molecular flexibility index (Phi) is 8.21. The average molecular weight is 426 g/mol. The molecule has 0 aromatic carbocycles. The quantitative estimate of drug-likeness (QED) is 0.311. The van der Waals surface area contributed by atoms with E-state index in [0.29, 0.717) is 21.2 Å². The summed E-state index contributed by atoms with van der Waals surface area (Å²) in [6.45, 7) is 0. The Hall–Kier alpha value is -2.28. The number of carbonyl (C=O) groups is 3. The Morgan fingerprint density at radius 2 is 1.20 bits per heavy atom. The number of allylic oxidation sites excluding steroid dienone is 10. The third kappa shape index (κ3) is 6.62. The Morgan fingerprint density at radius 1 is 0.800 bits per heavy atom. The van der Waals surface area contributed by atoms with Crippen LogP contribution in [-0.2, 0) is 26.1 Å². The number of ketones is 2. The minimum atomic E-state index is -0.634. The van der Waals surface area contributed by atoms with Crippen molar-refractivity contribution >= 4 is 40.8 Å². The third-order valence-electron chi connectivity index (χ3n) is 2.78. The van der Waals surface area contributed by atoms with E-state index in [4.69, 9.17) is 23.2 Å². The summed E-state index contributed by atoms with van der Waals surface area (Å²) in [7, 11) is 0. The Balaban J connectivity index is 0.00000312. The molecule has 0 unspecified atom stereocenters. The van der Waals surface area contributed by atoms with Crippen LogP contribution in [0.2, 0.25) is 0 Å². The molecular weight excluding hydrogens is 414 g/mol. The van der Waals surface area contributed by atoms with Crippen molar-refractivity contribution in [2.75, 3.05) is 0 Å². The summed E-state index contributed by atoms with van der Waals surface area (Å²) >= 11 is 11.3. The van der Waals surface area contributed by atoms with Crippen LogP contribution in [0.25, 0.3) is 0 Å². The number of hydrogen-bond acceptors (Lipinski definition) is 5. The van der Waals surface area contributed by atoms with Gasteiger partial charge in [-0.15, -0.1) is 0 Å². The normalized spacial score (nSPS) is 19.1. The number of hydrazine groups is 2. The molecule has 10 heteroatoms. The standard InChI is InChI=1S/C15H12Cl2N4O3.Ni/c16-11-3-1-9(13(22)5-11)7-18-20-15(24)21-19-8-10-2-4-12(17)6-14(10)23;/h1-8,18-19H,(H2,20,21,24);/b9-7-,10-8-;. The van der Waals surface area contributed by atoms with Crippen molar-refractivity contribution < 1.29 is 30.9 Å². The van der Waals surface area contributed by atoms with Gasteiger partial charge in [0.2, 0.25) is 0 Å². The van der Waals surface area contributed by atoms with Crippen molar-refractivity contribution in [2.24, 2.45) is 0 Å². The molecule has 2 aliphatic carbocycles. The van der Waals surface area contributed by atoms with Crippen molar-refractivity contribution in [1.29, 1.82) is 0 Å². The number of amides is 2. The summed E-state index contributed by atoms with van der Waals surface area (Å²) in [5, 5.41) is 0.671. The van der Waals surface area contributed by atoms with E-state index in [0.717, 1.165) is 0 Å². The number of halogens is 2. The van der Waals surface area contributed by atoms with Gasteiger partial charge >= 0.3 is 6.03 Å². The predicted molar refractivity (Wildman–Crippen MR) is 90.3 cm³/mol. The fourth-order valence-corrected chi connectivity index (χ4v) is 1.97. The van der Waals surface area contributed by atoms with Gasteiger partial charge in [0.05, 0.1) is 0 Å². The molecule has 0 spiro atoms. The SMILES string of the molecule is O=C(NN/C=C1/C=CC(Cl)=CC1=O)NN/C=C1/C=CC(Cl)=CC1=O.[Ni]. The number of rotatable bonds is 4. The van der Waals surface area contributed by atoms with Gasteiger partial charge in [-0.05, 0) is 24.3 Å². The topological polar surface area (TPSA) is 99.3 Å². The molecule has 0 radical (unpaired) electrons. The first kappa shape index (κ1) is 20.8. The van der Waals surface area contributed by atoms with Crippen molar-refractivity contribution in [3.8, 4) is 0 Å². The predicted octanol–water partition coefficient (Wildman–Crippen LogP) is 1.58. The van der Waals surface area contributed by atoms with Crippen molar-refractivity contribution in [1.82, 2.24) is 21.7 Å². The van der Waals surface area contributed by atoms with Gasteiger partial charge in [0.15, 0.2) is 11.6 Å². The minimum absolute atomic E-state index is 0. The monoisotopic (exact) mass is 424 g/mol. The maximum Gasteiger partial charge on any atom is 0.351 e. The molecule has 2 aliphatic rings. The molecule has 0 atom stereocenters. The second kappa shape index (κ2) is 9.88. The first-order valence-electron chi connectivity index (χ1n) is 6.62.